The number of carbonyl (C=O) groups excluding carboxylic acids is 1. The summed E-state index contributed by atoms with van der Waals surface area (Å²) in [5, 5.41) is 15.3. The quantitative estimate of drug-likeness (QED) is 0.608. The van der Waals surface area contributed by atoms with Gasteiger partial charge < -0.3 is 20.5 Å². The molecule has 1 aromatic carbocycles. The fourth-order valence-corrected chi connectivity index (χ4v) is 3.34. The number of likely N-dealkylation sites (N-methyl/N-ethyl adjacent to an activating group) is 1. The fraction of sp³-hybridized carbons (Fsp3) is 0.556. The number of rotatable bonds is 9. The van der Waals surface area contributed by atoms with Crippen LogP contribution in [0.4, 0.5) is 4.79 Å². The van der Waals surface area contributed by atoms with Gasteiger partial charge in [0.2, 0.25) is 0 Å². The van der Waals surface area contributed by atoms with Crippen LogP contribution in [0.15, 0.2) is 24.3 Å². The van der Waals surface area contributed by atoms with Crippen molar-refractivity contribution >= 4 is 23.6 Å². The summed E-state index contributed by atoms with van der Waals surface area (Å²) >= 11 is 5.99. The highest BCUT2D eigenvalue weighted by atomic mass is 35.5. The molecular formula is C18H26ClN3O4. The Kier molecular flexibility index (Phi) is 7.68. The first-order valence-corrected chi connectivity index (χ1v) is 9.09. The Morgan fingerprint density at radius 3 is 2.73 bits per heavy atom. The Hall–Kier alpha value is -1.83. The number of hydrogen-bond acceptors (Lipinski definition) is 4. The Morgan fingerprint density at radius 2 is 2.15 bits per heavy atom. The Balaban J connectivity index is 1.73. The summed E-state index contributed by atoms with van der Waals surface area (Å²) in [4.78, 5) is 24.8. The number of benzene rings is 1. The van der Waals surface area contributed by atoms with Crippen molar-refractivity contribution in [2.75, 3.05) is 26.7 Å². The predicted molar refractivity (Wildman–Crippen MR) is 99.4 cm³/mol. The number of ether oxygens (including phenoxy) is 1. The number of nitrogens with one attached hydrogen (secondary N) is 2. The molecule has 0 aliphatic heterocycles. The summed E-state index contributed by atoms with van der Waals surface area (Å²) in [6.45, 7) is 3.00. The molecule has 0 radical (unpaired) electrons. The lowest BCUT2D eigenvalue weighted by molar-refractivity contribution is -0.139. The molecule has 0 saturated heterocycles. The van der Waals surface area contributed by atoms with Crippen molar-refractivity contribution in [3.05, 3.63) is 34.9 Å². The number of carbonyl (C=O) groups is 2. The normalized spacial score (nSPS) is 20.3. The zero-order valence-corrected chi connectivity index (χ0v) is 15.8. The van der Waals surface area contributed by atoms with E-state index in [-0.39, 0.29) is 30.8 Å². The highest BCUT2D eigenvalue weighted by Gasteiger charge is 2.34. The number of methoxy groups -OCH3 is 1. The topological polar surface area (TPSA) is 90.9 Å². The molecule has 0 aromatic heterocycles. The number of nitrogens with zero attached hydrogens (tertiary/aromatic N) is 1. The maximum absolute atomic E-state index is 12.1. The average molecular weight is 384 g/mol. The number of carboxylic acid groups (broad SMARTS) is 1. The van der Waals surface area contributed by atoms with E-state index in [1.54, 1.807) is 13.2 Å². The molecular weight excluding hydrogens is 358 g/mol. The summed E-state index contributed by atoms with van der Waals surface area (Å²) < 4.78 is 5.42. The lowest BCUT2D eigenvalue weighted by atomic mass is 9.85. The van der Waals surface area contributed by atoms with Gasteiger partial charge in [0, 0.05) is 30.8 Å². The van der Waals surface area contributed by atoms with Crippen LogP contribution in [-0.2, 0) is 9.53 Å². The summed E-state index contributed by atoms with van der Waals surface area (Å²) in [6, 6.07) is 7.36. The number of urea groups is 1. The van der Waals surface area contributed by atoms with Crippen LogP contribution < -0.4 is 10.6 Å². The van der Waals surface area contributed by atoms with E-state index in [0.29, 0.717) is 18.1 Å². The molecule has 8 heteroatoms. The summed E-state index contributed by atoms with van der Waals surface area (Å²) in [5.74, 6) is -0.826. The lowest BCUT2D eigenvalue weighted by Crippen LogP contribution is -2.56. The van der Waals surface area contributed by atoms with E-state index in [1.165, 1.54) is 0 Å². The maximum Gasteiger partial charge on any atom is 0.317 e. The van der Waals surface area contributed by atoms with Crippen LogP contribution >= 0.6 is 11.6 Å². The minimum Gasteiger partial charge on any atom is -0.480 e. The van der Waals surface area contributed by atoms with Gasteiger partial charge in [0.25, 0.3) is 0 Å². The van der Waals surface area contributed by atoms with Crippen LogP contribution in [0.5, 0.6) is 0 Å². The third kappa shape index (κ3) is 5.86. The van der Waals surface area contributed by atoms with Crippen molar-refractivity contribution in [2.24, 2.45) is 0 Å². The van der Waals surface area contributed by atoms with Gasteiger partial charge in [-0.3, -0.25) is 9.69 Å². The minimum atomic E-state index is -0.826. The number of hydrogen-bond donors (Lipinski definition) is 3. The van der Waals surface area contributed by atoms with Gasteiger partial charge in [-0.2, -0.15) is 0 Å². The molecule has 1 aliphatic carbocycles. The first kappa shape index (κ1) is 20.5. The number of carboxylic acids is 1. The molecule has 144 valence electrons. The molecule has 1 aliphatic rings. The molecule has 1 fully saturated rings. The first-order valence-electron chi connectivity index (χ1n) is 8.71. The molecule has 2 amide bonds. The molecule has 0 spiro atoms. The Bertz CT molecular complexity index is 622. The molecule has 0 heterocycles. The average Bonchev–Trinajstić information content (AvgIpc) is 2.56. The largest absolute Gasteiger partial charge is 0.480 e. The van der Waals surface area contributed by atoms with Crippen LogP contribution in [0.3, 0.4) is 0 Å². The SMILES string of the molecule is CCN(CC(=O)O)C1CC(NC(=O)NCC(OC)c2cccc(Cl)c2)C1. The third-order valence-corrected chi connectivity index (χ3v) is 4.90. The summed E-state index contributed by atoms with van der Waals surface area (Å²) in [7, 11) is 1.59. The lowest BCUT2D eigenvalue weighted by Gasteiger charge is -2.42. The van der Waals surface area contributed by atoms with E-state index in [0.717, 1.165) is 18.4 Å². The molecule has 1 unspecified atom stereocenters. The van der Waals surface area contributed by atoms with E-state index >= 15 is 0 Å². The summed E-state index contributed by atoms with van der Waals surface area (Å²) in [6.07, 6.45) is 1.24. The van der Waals surface area contributed by atoms with E-state index in [2.05, 4.69) is 10.6 Å². The monoisotopic (exact) mass is 383 g/mol. The van der Waals surface area contributed by atoms with Gasteiger partial charge in [-0.1, -0.05) is 30.7 Å². The molecule has 26 heavy (non-hydrogen) atoms. The van der Waals surface area contributed by atoms with Crippen LogP contribution in [0.2, 0.25) is 5.02 Å². The van der Waals surface area contributed by atoms with Crippen molar-refractivity contribution in [2.45, 2.75) is 38.0 Å². The second kappa shape index (κ2) is 9.75. The smallest absolute Gasteiger partial charge is 0.317 e. The van der Waals surface area contributed by atoms with Gasteiger partial charge in [-0.15, -0.1) is 0 Å². The zero-order valence-electron chi connectivity index (χ0n) is 15.1. The van der Waals surface area contributed by atoms with Crippen LogP contribution in [0.1, 0.15) is 31.4 Å². The highest BCUT2D eigenvalue weighted by molar-refractivity contribution is 6.30. The van der Waals surface area contributed by atoms with E-state index in [4.69, 9.17) is 21.4 Å². The van der Waals surface area contributed by atoms with E-state index in [9.17, 15) is 9.59 Å². The van der Waals surface area contributed by atoms with Gasteiger partial charge in [-0.25, -0.2) is 4.79 Å². The van der Waals surface area contributed by atoms with Crippen LogP contribution in [0.25, 0.3) is 0 Å². The van der Waals surface area contributed by atoms with Crippen molar-refractivity contribution < 1.29 is 19.4 Å². The van der Waals surface area contributed by atoms with Crippen molar-refractivity contribution in [1.82, 2.24) is 15.5 Å². The first-order chi connectivity index (χ1) is 12.4. The molecule has 0 bridgehead atoms. The molecule has 2 rings (SSSR count). The Labute approximate surface area is 158 Å². The standard InChI is InChI=1S/C18H26ClN3O4/c1-3-22(11-17(23)24)15-8-14(9-15)21-18(25)20-10-16(26-2)12-5-4-6-13(19)7-12/h4-7,14-16H,3,8-11H2,1-2H3,(H,23,24)(H2,20,21,25). The van der Waals surface area contributed by atoms with Crippen molar-refractivity contribution in [3.8, 4) is 0 Å². The van der Waals surface area contributed by atoms with E-state index < -0.39 is 5.97 Å². The maximum atomic E-state index is 12.1. The Morgan fingerprint density at radius 1 is 1.42 bits per heavy atom. The molecule has 7 nitrogen and oxygen atoms in total. The molecule has 1 aromatic rings. The molecule has 1 atom stereocenters. The highest BCUT2D eigenvalue weighted by Crippen LogP contribution is 2.25. The second-order valence-electron chi connectivity index (χ2n) is 6.41. The fourth-order valence-electron chi connectivity index (χ4n) is 3.14. The van der Waals surface area contributed by atoms with Gasteiger partial charge >= 0.3 is 12.0 Å². The minimum absolute atomic E-state index is 0.0369. The third-order valence-electron chi connectivity index (χ3n) is 4.66. The number of aliphatic carboxylic acids is 1. The predicted octanol–water partition coefficient (Wildman–Crippen LogP) is 2.26. The van der Waals surface area contributed by atoms with E-state index in [1.807, 2.05) is 30.0 Å². The van der Waals surface area contributed by atoms with Crippen molar-refractivity contribution in [1.29, 1.82) is 0 Å². The van der Waals surface area contributed by atoms with Gasteiger partial charge in [0.05, 0.1) is 12.6 Å². The number of amides is 2. The molecule has 3 N–H and O–H groups in total. The van der Waals surface area contributed by atoms with Gasteiger partial charge in [0.1, 0.15) is 0 Å². The van der Waals surface area contributed by atoms with Crippen LogP contribution in [-0.4, -0.2) is 60.8 Å². The molecule has 1 saturated carbocycles. The van der Waals surface area contributed by atoms with Gasteiger partial charge in [0.15, 0.2) is 0 Å². The van der Waals surface area contributed by atoms with Gasteiger partial charge in [-0.05, 0) is 37.1 Å². The van der Waals surface area contributed by atoms with Crippen molar-refractivity contribution in [3.63, 3.8) is 0 Å². The second-order valence-corrected chi connectivity index (χ2v) is 6.85. The number of halogens is 1. The summed E-state index contributed by atoms with van der Waals surface area (Å²) in [5.41, 5.74) is 0.899. The van der Waals surface area contributed by atoms with Crippen LogP contribution in [0, 0.1) is 0 Å². The zero-order chi connectivity index (χ0) is 19.1.